The minimum absolute atomic E-state index is 0.106. The fourth-order valence-electron chi connectivity index (χ4n) is 1.60. The fourth-order valence-corrected chi connectivity index (χ4v) is 2.49. The minimum Gasteiger partial charge on any atom is -0.427 e. The molecule has 1 aliphatic heterocycles. The van der Waals surface area contributed by atoms with Gasteiger partial charge in [0, 0.05) is 12.2 Å². The Balaban J connectivity index is 1.95. The van der Waals surface area contributed by atoms with Gasteiger partial charge in [0.05, 0.1) is 4.90 Å². The van der Waals surface area contributed by atoms with Crippen LogP contribution in [0.2, 0.25) is 0 Å². The average Bonchev–Trinajstić information content (AvgIpc) is 2.76. The van der Waals surface area contributed by atoms with Crippen molar-refractivity contribution in [3.8, 4) is 0 Å². The van der Waals surface area contributed by atoms with Gasteiger partial charge < -0.3 is 4.74 Å². The molecule has 3 amide bonds. The highest BCUT2D eigenvalue weighted by Gasteiger charge is 2.25. The lowest BCUT2D eigenvalue weighted by Crippen LogP contribution is -2.37. The normalized spacial score (nSPS) is 14.3. The summed E-state index contributed by atoms with van der Waals surface area (Å²) in [5, 5.41) is 0. The molecule has 8 nitrogen and oxygen atoms in total. The lowest BCUT2D eigenvalue weighted by atomic mass is 10.2. The van der Waals surface area contributed by atoms with Crippen molar-refractivity contribution in [1.29, 1.82) is 0 Å². The number of hydrogen-bond acceptors (Lipinski definition) is 6. The molecular formula is C13H12N2O6S. The van der Waals surface area contributed by atoms with Gasteiger partial charge >= 0.3 is 6.09 Å². The van der Waals surface area contributed by atoms with Crippen LogP contribution >= 0.6 is 0 Å². The summed E-state index contributed by atoms with van der Waals surface area (Å²) in [7, 11) is -4.08. The van der Waals surface area contributed by atoms with E-state index in [0.717, 1.165) is 17.7 Å². The summed E-state index contributed by atoms with van der Waals surface area (Å²) < 4.78 is 30.1. The average molecular weight is 324 g/mol. The maximum Gasteiger partial charge on any atom is 0.422 e. The first-order chi connectivity index (χ1) is 10.3. The molecule has 0 atom stereocenters. The molecule has 0 aliphatic carbocycles. The summed E-state index contributed by atoms with van der Waals surface area (Å²) in [6.45, 7) is 1.12. The largest absolute Gasteiger partial charge is 0.427 e. The van der Waals surface area contributed by atoms with Crippen LogP contribution in [0.25, 0.3) is 0 Å². The number of carbonyl (C=O) groups excluding carboxylic acids is 3. The Labute approximate surface area is 126 Å². The summed E-state index contributed by atoms with van der Waals surface area (Å²) in [6.07, 6.45) is 0.757. The smallest absolute Gasteiger partial charge is 0.422 e. The summed E-state index contributed by atoms with van der Waals surface area (Å²) in [5.74, 6) is -1.28. The number of hydrogen-bond donors (Lipinski definition) is 1. The molecule has 1 aromatic rings. The molecule has 0 bridgehead atoms. The number of ether oxygens (including phenoxy) is 1. The topological polar surface area (TPSA) is 110 Å². The van der Waals surface area contributed by atoms with E-state index in [1.54, 1.807) is 23.8 Å². The number of nitrogens with zero attached hydrogens (tertiary/aromatic N) is 1. The van der Waals surface area contributed by atoms with Crippen LogP contribution in [0.4, 0.5) is 4.79 Å². The first-order valence-corrected chi connectivity index (χ1v) is 7.58. The van der Waals surface area contributed by atoms with Crippen LogP contribution in [0.5, 0.6) is 0 Å². The Morgan fingerprint density at radius 3 is 2.23 bits per heavy atom. The quantitative estimate of drug-likeness (QED) is 0.797. The molecule has 2 rings (SSSR count). The fraction of sp³-hybridized carbons (Fsp3) is 0.154. The Morgan fingerprint density at radius 2 is 1.68 bits per heavy atom. The third kappa shape index (κ3) is 3.50. The van der Waals surface area contributed by atoms with Crippen molar-refractivity contribution in [2.75, 3.05) is 6.73 Å². The highest BCUT2D eigenvalue weighted by atomic mass is 32.2. The lowest BCUT2D eigenvalue weighted by Gasteiger charge is -2.14. The van der Waals surface area contributed by atoms with E-state index in [1.807, 2.05) is 0 Å². The van der Waals surface area contributed by atoms with Gasteiger partial charge in [0.15, 0.2) is 6.73 Å². The maximum atomic E-state index is 11.9. The van der Waals surface area contributed by atoms with E-state index in [-0.39, 0.29) is 4.90 Å². The number of sulfonamides is 1. The van der Waals surface area contributed by atoms with Crippen LogP contribution in [0.15, 0.2) is 41.3 Å². The van der Waals surface area contributed by atoms with E-state index >= 15 is 0 Å². The van der Waals surface area contributed by atoms with Crippen molar-refractivity contribution < 1.29 is 27.5 Å². The number of nitrogens with one attached hydrogen (secondary N) is 1. The zero-order valence-corrected chi connectivity index (χ0v) is 12.3. The number of carbonyl (C=O) groups is 3. The Kier molecular flexibility index (Phi) is 4.27. The van der Waals surface area contributed by atoms with E-state index in [0.29, 0.717) is 4.90 Å². The first-order valence-electron chi connectivity index (χ1n) is 6.09. The minimum atomic E-state index is -4.08. The maximum absolute atomic E-state index is 11.9. The summed E-state index contributed by atoms with van der Waals surface area (Å²) >= 11 is 0. The molecule has 0 fully saturated rings. The Morgan fingerprint density at radius 1 is 1.14 bits per heavy atom. The zero-order chi connectivity index (χ0) is 16.3. The molecule has 0 saturated heterocycles. The van der Waals surface area contributed by atoms with Gasteiger partial charge in [0.1, 0.15) is 0 Å². The lowest BCUT2D eigenvalue weighted by molar-refractivity contribution is -0.140. The Bertz CT molecular complexity index is 733. The van der Waals surface area contributed by atoms with Gasteiger partial charge in [-0.05, 0) is 19.1 Å². The standard InChI is InChI=1S/C13H12N2O6S/c1-9-2-4-10(5-3-9)22(19,20)14-13(18)21-8-15-11(16)6-7-12(15)17/h2-7H,8H2,1H3,(H,14,18). The molecule has 0 saturated carbocycles. The van der Waals surface area contributed by atoms with E-state index in [1.165, 1.54) is 12.1 Å². The number of rotatable bonds is 4. The van der Waals surface area contributed by atoms with Gasteiger partial charge in [0.25, 0.3) is 21.8 Å². The summed E-state index contributed by atoms with van der Waals surface area (Å²) in [4.78, 5) is 34.5. The van der Waals surface area contributed by atoms with Crippen molar-refractivity contribution in [1.82, 2.24) is 9.62 Å². The van der Waals surface area contributed by atoms with Gasteiger partial charge in [-0.1, -0.05) is 17.7 Å². The van der Waals surface area contributed by atoms with Gasteiger partial charge in [-0.15, -0.1) is 0 Å². The second-order valence-electron chi connectivity index (χ2n) is 4.42. The molecule has 1 aromatic carbocycles. The van der Waals surface area contributed by atoms with Crippen molar-refractivity contribution >= 4 is 27.9 Å². The number of aryl methyl sites for hydroxylation is 1. The SMILES string of the molecule is Cc1ccc(S(=O)(=O)NC(=O)OCN2C(=O)C=CC2=O)cc1. The molecular weight excluding hydrogens is 312 g/mol. The van der Waals surface area contributed by atoms with E-state index < -0.39 is 34.7 Å². The van der Waals surface area contributed by atoms with Crippen LogP contribution in [0, 0.1) is 6.92 Å². The third-order valence-corrected chi connectivity index (χ3v) is 4.10. The third-order valence-electron chi connectivity index (χ3n) is 2.77. The molecule has 1 heterocycles. The molecule has 1 aliphatic rings. The van der Waals surface area contributed by atoms with E-state index in [9.17, 15) is 22.8 Å². The Hall–Kier alpha value is -2.68. The molecule has 0 unspecified atom stereocenters. The van der Waals surface area contributed by atoms with E-state index in [2.05, 4.69) is 4.74 Å². The van der Waals surface area contributed by atoms with Crippen molar-refractivity contribution in [2.24, 2.45) is 0 Å². The van der Waals surface area contributed by atoms with Gasteiger partial charge in [-0.25, -0.2) is 22.8 Å². The van der Waals surface area contributed by atoms with Gasteiger partial charge in [0.2, 0.25) is 0 Å². The molecule has 22 heavy (non-hydrogen) atoms. The zero-order valence-electron chi connectivity index (χ0n) is 11.5. The summed E-state index contributed by atoms with van der Waals surface area (Å²) in [6, 6.07) is 5.82. The van der Waals surface area contributed by atoms with Crippen molar-refractivity contribution in [2.45, 2.75) is 11.8 Å². The van der Waals surface area contributed by atoms with Crippen LogP contribution in [0.3, 0.4) is 0 Å². The van der Waals surface area contributed by atoms with Crippen molar-refractivity contribution in [3.05, 3.63) is 42.0 Å². The highest BCUT2D eigenvalue weighted by molar-refractivity contribution is 7.90. The number of imide groups is 1. The molecule has 0 radical (unpaired) electrons. The molecule has 1 N–H and O–H groups in total. The first kappa shape index (κ1) is 15.7. The van der Waals surface area contributed by atoms with Gasteiger partial charge in [-0.3, -0.25) is 9.59 Å². The molecule has 0 aromatic heterocycles. The van der Waals surface area contributed by atoms with Crippen LogP contribution in [0.1, 0.15) is 5.56 Å². The van der Waals surface area contributed by atoms with Crippen LogP contribution < -0.4 is 4.72 Å². The monoisotopic (exact) mass is 324 g/mol. The van der Waals surface area contributed by atoms with E-state index in [4.69, 9.17) is 0 Å². The van der Waals surface area contributed by atoms with Crippen LogP contribution in [-0.4, -0.2) is 38.0 Å². The second kappa shape index (κ2) is 5.98. The van der Waals surface area contributed by atoms with Crippen molar-refractivity contribution in [3.63, 3.8) is 0 Å². The number of amides is 3. The number of benzene rings is 1. The highest BCUT2D eigenvalue weighted by Crippen LogP contribution is 2.10. The van der Waals surface area contributed by atoms with Crippen LogP contribution in [-0.2, 0) is 24.3 Å². The molecule has 0 spiro atoms. The second-order valence-corrected chi connectivity index (χ2v) is 6.10. The summed E-state index contributed by atoms with van der Waals surface area (Å²) in [5.41, 5.74) is 0.861. The van der Waals surface area contributed by atoms with Gasteiger partial charge in [-0.2, -0.15) is 0 Å². The predicted octanol–water partition coefficient (Wildman–Crippen LogP) is 0.292. The predicted molar refractivity (Wildman–Crippen MR) is 73.8 cm³/mol. The molecule has 116 valence electrons. The molecule has 9 heteroatoms.